The zero-order chi connectivity index (χ0) is 12.0. The molecule has 86 valence electrons. The summed E-state index contributed by atoms with van der Waals surface area (Å²) in [5.74, 6) is -0.365. The summed E-state index contributed by atoms with van der Waals surface area (Å²) >= 11 is -2.23. The van der Waals surface area contributed by atoms with E-state index in [1.807, 2.05) is 0 Å². The van der Waals surface area contributed by atoms with Gasteiger partial charge in [0.15, 0.2) is 0 Å². The molecular weight excluding hydrogens is 228 g/mol. The highest BCUT2D eigenvalue weighted by Crippen LogP contribution is 2.08. The van der Waals surface area contributed by atoms with Gasteiger partial charge >= 0.3 is 5.97 Å². The normalized spacial score (nSPS) is 11.8. The van der Waals surface area contributed by atoms with Gasteiger partial charge in [-0.2, -0.15) is 0 Å². The first kappa shape index (κ1) is 12.6. The van der Waals surface area contributed by atoms with E-state index in [0.29, 0.717) is 5.56 Å². The minimum absolute atomic E-state index is 0.125. The number of rotatable bonds is 5. The molecule has 1 atom stereocenters. The van der Waals surface area contributed by atoms with Gasteiger partial charge in [0.05, 0.1) is 6.42 Å². The lowest BCUT2D eigenvalue weighted by molar-refractivity contribution is -0.141. The minimum Gasteiger partial charge on any atom is -0.768 e. The van der Waals surface area contributed by atoms with E-state index in [-0.39, 0.29) is 23.9 Å². The average molecular weight is 239 g/mol. The molecule has 0 aromatic heterocycles. The topological polar surface area (TPSA) is 66.4 Å². The highest BCUT2D eigenvalue weighted by molar-refractivity contribution is 7.79. The molecule has 0 spiro atoms. The van der Waals surface area contributed by atoms with Crippen LogP contribution < -0.4 is 0 Å². The molecule has 5 heteroatoms. The summed E-state index contributed by atoms with van der Waals surface area (Å²) in [6.07, 6.45) is 1.61. The van der Waals surface area contributed by atoms with Crippen molar-refractivity contribution in [3.8, 4) is 0 Å². The molecule has 0 N–H and O–H groups in total. The number of carbonyl (C=O) groups excluding carboxylic acids is 1. The maximum atomic E-state index is 11.2. The minimum atomic E-state index is -2.23. The van der Waals surface area contributed by atoms with E-state index in [9.17, 15) is 13.6 Å². The number of hydrogen-bond acceptors (Lipinski definition) is 4. The standard InChI is InChI=1S/C11H12O4S/c1-2-7-15-11(12)8-9-3-5-10(6-4-9)16(13)14/h2-6H,1,7-8H2,(H,13,14)/p-1. The van der Waals surface area contributed by atoms with E-state index in [1.165, 1.54) is 18.2 Å². The molecular formula is C11H11O4S-. The van der Waals surface area contributed by atoms with Crippen LogP contribution in [-0.2, 0) is 27.0 Å². The van der Waals surface area contributed by atoms with Crippen molar-refractivity contribution in [3.05, 3.63) is 42.5 Å². The van der Waals surface area contributed by atoms with Crippen LogP contribution in [0.25, 0.3) is 0 Å². The molecule has 0 aliphatic carbocycles. The summed E-state index contributed by atoms with van der Waals surface area (Å²) in [7, 11) is 0. The maximum absolute atomic E-state index is 11.2. The molecule has 0 aliphatic heterocycles. The van der Waals surface area contributed by atoms with Crippen molar-refractivity contribution in [2.45, 2.75) is 11.3 Å². The molecule has 0 bridgehead atoms. The van der Waals surface area contributed by atoms with Crippen molar-refractivity contribution in [1.29, 1.82) is 0 Å². The Morgan fingerprint density at radius 1 is 1.44 bits per heavy atom. The van der Waals surface area contributed by atoms with Gasteiger partial charge in [-0.3, -0.25) is 9.00 Å². The number of ether oxygens (including phenoxy) is 1. The van der Waals surface area contributed by atoms with Crippen LogP contribution in [0.2, 0.25) is 0 Å². The van der Waals surface area contributed by atoms with Gasteiger partial charge in [-0.15, -0.1) is 0 Å². The van der Waals surface area contributed by atoms with Crippen LogP contribution in [-0.4, -0.2) is 21.3 Å². The fourth-order valence-electron chi connectivity index (χ4n) is 1.09. The van der Waals surface area contributed by atoms with E-state index in [4.69, 9.17) is 4.74 Å². The lowest BCUT2D eigenvalue weighted by Crippen LogP contribution is -2.07. The van der Waals surface area contributed by atoms with Crippen molar-refractivity contribution in [3.63, 3.8) is 0 Å². The Bertz CT molecular complexity index is 397. The molecule has 1 aromatic carbocycles. The fourth-order valence-corrected chi connectivity index (χ4v) is 1.45. The van der Waals surface area contributed by atoms with Crippen LogP contribution in [0, 0.1) is 0 Å². The monoisotopic (exact) mass is 239 g/mol. The second-order valence-electron chi connectivity index (χ2n) is 3.03. The summed E-state index contributed by atoms with van der Waals surface area (Å²) in [4.78, 5) is 11.4. The van der Waals surface area contributed by atoms with E-state index in [0.717, 1.165) is 0 Å². The molecule has 1 rings (SSSR count). The molecule has 0 saturated heterocycles. The van der Waals surface area contributed by atoms with Crippen molar-refractivity contribution in [2.24, 2.45) is 0 Å². The Labute approximate surface area is 96.2 Å². The second-order valence-corrected chi connectivity index (χ2v) is 3.97. The molecule has 0 radical (unpaired) electrons. The van der Waals surface area contributed by atoms with Crippen LogP contribution in [0.5, 0.6) is 0 Å². The second kappa shape index (κ2) is 6.19. The van der Waals surface area contributed by atoms with Crippen molar-refractivity contribution < 1.29 is 18.3 Å². The summed E-state index contributed by atoms with van der Waals surface area (Å²) in [5.41, 5.74) is 0.711. The predicted molar refractivity (Wildman–Crippen MR) is 58.5 cm³/mol. The molecule has 1 aromatic rings. The molecule has 0 saturated carbocycles. The van der Waals surface area contributed by atoms with Gasteiger partial charge in [-0.25, -0.2) is 0 Å². The van der Waals surface area contributed by atoms with E-state index in [1.54, 1.807) is 12.1 Å². The fraction of sp³-hybridized carbons (Fsp3) is 0.182. The molecule has 0 fully saturated rings. The molecule has 4 nitrogen and oxygen atoms in total. The average Bonchev–Trinajstić information content (AvgIpc) is 2.27. The first-order valence-electron chi connectivity index (χ1n) is 4.58. The first-order valence-corrected chi connectivity index (χ1v) is 5.65. The molecule has 0 heterocycles. The quantitative estimate of drug-likeness (QED) is 0.440. The van der Waals surface area contributed by atoms with E-state index < -0.39 is 11.1 Å². The van der Waals surface area contributed by atoms with Crippen molar-refractivity contribution in [1.82, 2.24) is 0 Å². The van der Waals surface area contributed by atoms with Gasteiger partial charge < -0.3 is 9.29 Å². The number of esters is 1. The van der Waals surface area contributed by atoms with Crippen molar-refractivity contribution in [2.75, 3.05) is 6.61 Å². The lowest BCUT2D eigenvalue weighted by atomic mass is 10.1. The van der Waals surface area contributed by atoms with Gasteiger partial charge in [-0.05, 0) is 28.8 Å². The van der Waals surface area contributed by atoms with Gasteiger partial charge in [0.1, 0.15) is 6.61 Å². The number of carbonyl (C=O) groups is 1. The first-order chi connectivity index (χ1) is 7.63. The predicted octanol–water partition coefficient (Wildman–Crippen LogP) is 1.20. The summed E-state index contributed by atoms with van der Waals surface area (Å²) in [5, 5.41) is 0. The van der Waals surface area contributed by atoms with Crippen LogP contribution >= 0.6 is 0 Å². The third-order valence-electron chi connectivity index (χ3n) is 1.83. The number of benzene rings is 1. The Balaban J connectivity index is 2.58. The van der Waals surface area contributed by atoms with E-state index >= 15 is 0 Å². The van der Waals surface area contributed by atoms with Crippen LogP contribution in [0.3, 0.4) is 0 Å². The molecule has 0 amide bonds. The Hall–Kier alpha value is -1.46. The number of hydrogen-bond donors (Lipinski definition) is 0. The zero-order valence-electron chi connectivity index (χ0n) is 8.55. The van der Waals surface area contributed by atoms with Gasteiger partial charge in [0.2, 0.25) is 0 Å². The zero-order valence-corrected chi connectivity index (χ0v) is 9.37. The molecule has 1 unspecified atom stereocenters. The smallest absolute Gasteiger partial charge is 0.310 e. The van der Waals surface area contributed by atoms with Crippen LogP contribution in [0.1, 0.15) is 5.56 Å². The van der Waals surface area contributed by atoms with Gasteiger partial charge in [0, 0.05) is 4.90 Å². The van der Waals surface area contributed by atoms with Crippen molar-refractivity contribution >= 4 is 17.0 Å². The lowest BCUT2D eigenvalue weighted by Gasteiger charge is -2.06. The third kappa shape index (κ3) is 3.96. The molecule has 0 aliphatic rings. The van der Waals surface area contributed by atoms with E-state index in [2.05, 4.69) is 6.58 Å². The molecule has 16 heavy (non-hydrogen) atoms. The largest absolute Gasteiger partial charge is 0.768 e. The van der Waals surface area contributed by atoms with Crippen LogP contribution in [0.15, 0.2) is 41.8 Å². The Morgan fingerprint density at radius 2 is 2.06 bits per heavy atom. The van der Waals surface area contributed by atoms with Gasteiger partial charge in [0.25, 0.3) is 0 Å². The summed E-state index contributed by atoms with van der Waals surface area (Å²) in [6, 6.07) is 6.05. The summed E-state index contributed by atoms with van der Waals surface area (Å²) < 4.78 is 25.9. The SMILES string of the molecule is C=CCOC(=O)Cc1ccc(S(=O)[O-])cc1. The van der Waals surface area contributed by atoms with Gasteiger partial charge in [-0.1, -0.05) is 24.8 Å². The summed E-state index contributed by atoms with van der Waals surface area (Å²) in [6.45, 7) is 3.61. The third-order valence-corrected chi connectivity index (χ3v) is 2.48. The highest BCUT2D eigenvalue weighted by Gasteiger charge is 2.03. The Kier molecular flexibility index (Phi) is 4.88. The highest BCUT2D eigenvalue weighted by atomic mass is 32.2. The van der Waals surface area contributed by atoms with Crippen LogP contribution in [0.4, 0.5) is 0 Å². The Morgan fingerprint density at radius 3 is 2.56 bits per heavy atom. The maximum Gasteiger partial charge on any atom is 0.310 e.